The first kappa shape index (κ1) is 15.2. The summed E-state index contributed by atoms with van der Waals surface area (Å²) >= 11 is 0. The molecule has 0 aliphatic heterocycles. The minimum absolute atomic E-state index is 0.248. The fourth-order valence-corrected chi connectivity index (χ4v) is 1.87. The Morgan fingerprint density at radius 3 is 2.11 bits per heavy atom. The third-order valence-corrected chi connectivity index (χ3v) is 3.11. The van der Waals surface area contributed by atoms with Crippen molar-refractivity contribution >= 4 is 0 Å². The molecule has 18 heavy (non-hydrogen) atoms. The summed E-state index contributed by atoms with van der Waals surface area (Å²) in [6.45, 7) is 13.1. The molecule has 0 atom stereocenters. The maximum atomic E-state index is 3.48. The van der Waals surface area contributed by atoms with Crippen LogP contribution >= 0.6 is 0 Å². The Kier molecular flexibility index (Phi) is 6.37. The Labute approximate surface area is 112 Å². The van der Waals surface area contributed by atoms with Crippen LogP contribution in [0.4, 0.5) is 0 Å². The van der Waals surface area contributed by atoms with Gasteiger partial charge in [-0.05, 0) is 42.6 Å². The third-order valence-electron chi connectivity index (χ3n) is 3.11. The highest BCUT2D eigenvalue weighted by Gasteiger charge is 2.12. The van der Waals surface area contributed by atoms with Gasteiger partial charge in [0.05, 0.1) is 0 Å². The lowest BCUT2D eigenvalue weighted by atomic mass is 9.87. The highest BCUT2D eigenvalue weighted by Crippen LogP contribution is 2.21. The number of rotatable bonds is 7. The first-order valence-corrected chi connectivity index (χ1v) is 7.05. The molecule has 1 aromatic carbocycles. The van der Waals surface area contributed by atoms with Gasteiger partial charge in [-0.3, -0.25) is 0 Å². The summed E-state index contributed by atoms with van der Waals surface area (Å²) < 4.78 is 0. The Morgan fingerprint density at radius 1 is 0.944 bits per heavy atom. The minimum atomic E-state index is 0.248. The zero-order chi connectivity index (χ0) is 13.4. The van der Waals surface area contributed by atoms with Gasteiger partial charge in [0, 0.05) is 6.54 Å². The number of hydrogen-bond donors (Lipinski definition) is 2. The average Bonchev–Trinajstić information content (AvgIpc) is 2.33. The van der Waals surface area contributed by atoms with Gasteiger partial charge in [-0.15, -0.1) is 0 Å². The highest BCUT2D eigenvalue weighted by molar-refractivity contribution is 5.27. The molecule has 0 amide bonds. The molecule has 0 radical (unpaired) electrons. The molecule has 102 valence electrons. The van der Waals surface area contributed by atoms with Crippen molar-refractivity contribution in [1.82, 2.24) is 10.6 Å². The normalized spacial score (nSPS) is 11.8. The zero-order valence-corrected chi connectivity index (χ0v) is 12.3. The largest absolute Gasteiger partial charge is 0.317 e. The van der Waals surface area contributed by atoms with Crippen LogP contribution in [0.5, 0.6) is 0 Å². The summed E-state index contributed by atoms with van der Waals surface area (Å²) in [6, 6.07) is 8.96. The second-order valence-corrected chi connectivity index (χ2v) is 5.83. The molecule has 0 heterocycles. The van der Waals surface area contributed by atoms with Crippen LogP contribution in [-0.2, 0) is 12.0 Å². The highest BCUT2D eigenvalue weighted by atomic mass is 14.9. The summed E-state index contributed by atoms with van der Waals surface area (Å²) in [6.07, 6.45) is 1.19. The fraction of sp³-hybridized carbons (Fsp3) is 0.625. The van der Waals surface area contributed by atoms with Crippen molar-refractivity contribution in [2.75, 3.05) is 19.6 Å². The maximum Gasteiger partial charge on any atom is 0.0205 e. The van der Waals surface area contributed by atoms with Crippen molar-refractivity contribution < 1.29 is 0 Å². The van der Waals surface area contributed by atoms with Gasteiger partial charge in [-0.1, -0.05) is 52.0 Å². The second-order valence-electron chi connectivity index (χ2n) is 5.83. The molecular weight excluding hydrogens is 220 g/mol. The molecule has 1 rings (SSSR count). The summed E-state index contributed by atoms with van der Waals surface area (Å²) in [5, 5.41) is 6.81. The molecule has 0 spiro atoms. The van der Waals surface area contributed by atoms with Crippen LogP contribution in [0.2, 0.25) is 0 Å². The van der Waals surface area contributed by atoms with E-state index < -0.39 is 0 Å². The van der Waals surface area contributed by atoms with Gasteiger partial charge in [0.25, 0.3) is 0 Å². The molecule has 0 aromatic heterocycles. The van der Waals surface area contributed by atoms with E-state index in [4.69, 9.17) is 0 Å². The SMILES string of the molecule is CCNCCCNCc1ccc(C(C)(C)C)cc1. The van der Waals surface area contributed by atoms with E-state index in [0.717, 1.165) is 26.2 Å². The van der Waals surface area contributed by atoms with Gasteiger partial charge < -0.3 is 10.6 Å². The van der Waals surface area contributed by atoms with E-state index in [1.165, 1.54) is 17.5 Å². The Bertz CT molecular complexity index is 322. The Morgan fingerprint density at radius 2 is 1.56 bits per heavy atom. The molecule has 1 aromatic rings. The summed E-state index contributed by atoms with van der Waals surface area (Å²) in [4.78, 5) is 0. The van der Waals surface area contributed by atoms with Crippen molar-refractivity contribution in [2.45, 2.75) is 46.1 Å². The van der Waals surface area contributed by atoms with E-state index >= 15 is 0 Å². The maximum absolute atomic E-state index is 3.48. The lowest BCUT2D eigenvalue weighted by Crippen LogP contribution is -2.21. The Balaban J connectivity index is 2.27. The van der Waals surface area contributed by atoms with Crippen LogP contribution in [-0.4, -0.2) is 19.6 Å². The summed E-state index contributed by atoms with van der Waals surface area (Å²) in [7, 11) is 0. The smallest absolute Gasteiger partial charge is 0.0205 e. The quantitative estimate of drug-likeness (QED) is 0.725. The van der Waals surface area contributed by atoms with Gasteiger partial charge in [0.1, 0.15) is 0 Å². The van der Waals surface area contributed by atoms with Crippen molar-refractivity contribution in [3.8, 4) is 0 Å². The van der Waals surface area contributed by atoms with Gasteiger partial charge in [0.2, 0.25) is 0 Å². The van der Waals surface area contributed by atoms with E-state index in [2.05, 4.69) is 62.6 Å². The van der Waals surface area contributed by atoms with Gasteiger partial charge >= 0.3 is 0 Å². The second kappa shape index (κ2) is 7.55. The fourth-order valence-electron chi connectivity index (χ4n) is 1.87. The average molecular weight is 248 g/mol. The molecular formula is C16H28N2. The van der Waals surface area contributed by atoms with Gasteiger partial charge in [-0.25, -0.2) is 0 Å². The van der Waals surface area contributed by atoms with Crippen LogP contribution in [0.25, 0.3) is 0 Å². The van der Waals surface area contributed by atoms with Crippen molar-refractivity contribution in [3.05, 3.63) is 35.4 Å². The van der Waals surface area contributed by atoms with E-state index in [-0.39, 0.29) is 5.41 Å². The van der Waals surface area contributed by atoms with Crippen LogP contribution in [0.1, 0.15) is 45.2 Å². The molecule has 0 bridgehead atoms. The summed E-state index contributed by atoms with van der Waals surface area (Å²) in [5.74, 6) is 0. The third kappa shape index (κ3) is 5.65. The minimum Gasteiger partial charge on any atom is -0.317 e. The zero-order valence-electron chi connectivity index (χ0n) is 12.3. The van der Waals surface area contributed by atoms with Crippen LogP contribution in [0.3, 0.4) is 0 Å². The van der Waals surface area contributed by atoms with E-state index in [0.29, 0.717) is 0 Å². The predicted molar refractivity (Wildman–Crippen MR) is 80.0 cm³/mol. The van der Waals surface area contributed by atoms with E-state index in [1.54, 1.807) is 0 Å². The molecule has 0 aliphatic rings. The number of benzene rings is 1. The molecule has 2 N–H and O–H groups in total. The van der Waals surface area contributed by atoms with Crippen molar-refractivity contribution in [1.29, 1.82) is 0 Å². The lowest BCUT2D eigenvalue weighted by Gasteiger charge is -2.19. The molecule has 2 heteroatoms. The molecule has 0 saturated carbocycles. The molecule has 0 fully saturated rings. The van der Waals surface area contributed by atoms with Crippen LogP contribution in [0, 0.1) is 0 Å². The van der Waals surface area contributed by atoms with Gasteiger partial charge in [-0.2, -0.15) is 0 Å². The predicted octanol–water partition coefficient (Wildman–Crippen LogP) is 3.07. The van der Waals surface area contributed by atoms with E-state index in [9.17, 15) is 0 Å². The molecule has 0 aliphatic carbocycles. The van der Waals surface area contributed by atoms with Gasteiger partial charge in [0.15, 0.2) is 0 Å². The number of hydrogen-bond acceptors (Lipinski definition) is 2. The molecule has 2 nitrogen and oxygen atoms in total. The molecule has 0 unspecified atom stereocenters. The standard InChI is InChI=1S/C16H28N2/c1-5-17-11-6-12-18-13-14-7-9-15(10-8-14)16(2,3)4/h7-10,17-18H,5-6,11-13H2,1-4H3. The van der Waals surface area contributed by atoms with E-state index in [1.807, 2.05) is 0 Å². The van der Waals surface area contributed by atoms with Crippen molar-refractivity contribution in [2.24, 2.45) is 0 Å². The monoisotopic (exact) mass is 248 g/mol. The molecule has 0 saturated heterocycles. The first-order valence-electron chi connectivity index (χ1n) is 7.05. The van der Waals surface area contributed by atoms with Crippen LogP contribution < -0.4 is 10.6 Å². The first-order chi connectivity index (χ1) is 8.54. The topological polar surface area (TPSA) is 24.1 Å². The Hall–Kier alpha value is -0.860. The summed E-state index contributed by atoms with van der Waals surface area (Å²) in [5.41, 5.74) is 3.02. The van der Waals surface area contributed by atoms with Crippen LogP contribution in [0.15, 0.2) is 24.3 Å². The van der Waals surface area contributed by atoms with Crippen molar-refractivity contribution in [3.63, 3.8) is 0 Å². The number of nitrogens with one attached hydrogen (secondary N) is 2. The lowest BCUT2D eigenvalue weighted by molar-refractivity contribution is 0.588.